The molecule has 1 saturated heterocycles. The van der Waals surface area contributed by atoms with Crippen LogP contribution in [0, 0.1) is 5.92 Å². The number of nitrogens with zero attached hydrogens (tertiary/aromatic N) is 6. The molecule has 3 heterocycles. The number of hydrogen-bond acceptors (Lipinski definition) is 5. The van der Waals surface area contributed by atoms with Gasteiger partial charge in [0.05, 0.1) is 12.2 Å². The average molecular weight is 368 g/mol. The molecule has 3 aliphatic rings. The fraction of sp³-hybridized carbons (Fsp3) is 0.700. The Morgan fingerprint density at radius 3 is 2.70 bits per heavy atom. The topological polar surface area (TPSA) is 68.8 Å². The molecule has 0 aromatic carbocycles. The molecular formula is C20H28N6O. The molecule has 2 fully saturated rings. The minimum Gasteiger partial charge on any atom is -0.313 e. The van der Waals surface area contributed by atoms with E-state index in [1.807, 2.05) is 12.4 Å². The fourth-order valence-electron chi connectivity index (χ4n) is 4.54. The summed E-state index contributed by atoms with van der Waals surface area (Å²) < 4.78 is 3.98. The Hall–Kier alpha value is -2.02. The van der Waals surface area contributed by atoms with E-state index in [4.69, 9.17) is 5.10 Å². The van der Waals surface area contributed by atoms with Gasteiger partial charge in [-0.05, 0) is 75.9 Å². The van der Waals surface area contributed by atoms with Gasteiger partial charge in [-0.15, -0.1) is 10.2 Å². The summed E-state index contributed by atoms with van der Waals surface area (Å²) in [6, 6.07) is 2.47. The van der Waals surface area contributed by atoms with E-state index in [1.54, 1.807) is 4.68 Å². The monoisotopic (exact) mass is 368 g/mol. The lowest BCUT2D eigenvalue weighted by molar-refractivity contribution is 0.158. The van der Waals surface area contributed by atoms with Crippen LogP contribution >= 0.6 is 0 Å². The van der Waals surface area contributed by atoms with E-state index in [-0.39, 0.29) is 5.56 Å². The maximum absolute atomic E-state index is 12.4. The zero-order valence-electron chi connectivity index (χ0n) is 15.9. The Balaban J connectivity index is 1.19. The van der Waals surface area contributed by atoms with Crippen LogP contribution < -0.4 is 5.56 Å². The van der Waals surface area contributed by atoms with Gasteiger partial charge in [0.2, 0.25) is 0 Å². The number of piperidine rings is 1. The predicted octanol–water partition coefficient (Wildman–Crippen LogP) is 1.96. The van der Waals surface area contributed by atoms with E-state index >= 15 is 0 Å². The number of aryl methyl sites for hydroxylation is 2. The summed E-state index contributed by atoms with van der Waals surface area (Å²) in [5.41, 5.74) is 2.41. The zero-order chi connectivity index (χ0) is 18.2. The van der Waals surface area contributed by atoms with Crippen molar-refractivity contribution in [2.75, 3.05) is 13.1 Å². The largest absolute Gasteiger partial charge is 0.313 e. The molecule has 27 heavy (non-hydrogen) atoms. The minimum atomic E-state index is 0.0793. The van der Waals surface area contributed by atoms with E-state index in [0.29, 0.717) is 12.0 Å². The normalized spacial score (nSPS) is 21.3. The molecule has 5 rings (SSSR count). The predicted molar refractivity (Wildman–Crippen MR) is 101 cm³/mol. The second-order valence-corrected chi connectivity index (χ2v) is 8.45. The Bertz CT molecular complexity index is 860. The summed E-state index contributed by atoms with van der Waals surface area (Å²) >= 11 is 0. The lowest BCUT2D eigenvalue weighted by Crippen LogP contribution is -2.37. The smallest absolute Gasteiger partial charge is 0.267 e. The van der Waals surface area contributed by atoms with Gasteiger partial charge < -0.3 is 4.57 Å². The lowest BCUT2D eigenvalue weighted by atomic mass is 9.96. The second-order valence-electron chi connectivity index (χ2n) is 8.45. The van der Waals surface area contributed by atoms with Crippen LogP contribution in [-0.2, 0) is 25.9 Å². The Morgan fingerprint density at radius 1 is 1.07 bits per heavy atom. The molecule has 2 aromatic rings. The quantitative estimate of drug-likeness (QED) is 0.807. The van der Waals surface area contributed by atoms with Crippen molar-refractivity contribution < 1.29 is 0 Å². The van der Waals surface area contributed by atoms with E-state index < -0.39 is 0 Å². The first-order chi connectivity index (χ1) is 13.3. The molecule has 0 amide bonds. The first kappa shape index (κ1) is 17.1. The van der Waals surface area contributed by atoms with E-state index in [1.165, 1.54) is 31.2 Å². The highest BCUT2D eigenvalue weighted by atomic mass is 16.1. The summed E-state index contributed by atoms with van der Waals surface area (Å²) in [6.45, 7) is 3.77. The van der Waals surface area contributed by atoms with Gasteiger partial charge in [-0.2, -0.15) is 5.10 Å². The summed E-state index contributed by atoms with van der Waals surface area (Å²) in [7, 11) is 0. The van der Waals surface area contributed by atoms with Gasteiger partial charge >= 0.3 is 0 Å². The number of likely N-dealkylation sites (tertiary alicyclic amines) is 1. The molecule has 0 atom stereocenters. The van der Waals surface area contributed by atoms with Crippen molar-refractivity contribution in [3.05, 3.63) is 39.8 Å². The summed E-state index contributed by atoms with van der Waals surface area (Å²) in [5, 5.41) is 13.1. The zero-order valence-corrected chi connectivity index (χ0v) is 15.9. The molecular weight excluding hydrogens is 340 g/mol. The molecule has 2 aromatic heterocycles. The van der Waals surface area contributed by atoms with Crippen molar-refractivity contribution in [2.24, 2.45) is 5.92 Å². The van der Waals surface area contributed by atoms with Crippen LogP contribution in [0.5, 0.6) is 0 Å². The van der Waals surface area contributed by atoms with Crippen molar-refractivity contribution in [3.8, 4) is 0 Å². The van der Waals surface area contributed by atoms with Crippen LogP contribution in [0.4, 0.5) is 0 Å². The number of hydrogen-bond donors (Lipinski definition) is 0. The molecule has 0 unspecified atom stereocenters. The van der Waals surface area contributed by atoms with Crippen molar-refractivity contribution >= 4 is 0 Å². The maximum atomic E-state index is 12.4. The Morgan fingerprint density at radius 2 is 1.89 bits per heavy atom. The molecule has 1 saturated carbocycles. The van der Waals surface area contributed by atoms with Crippen LogP contribution in [-0.4, -0.2) is 42.5 Å². The SMILES string of the molecule is O=c1cc2c(nn1CC1CCN(Cc3nncn3C3CC3)CC1)CCCC2. The van der Waals surface area contributed by atoms with Crippen molar-refractivity contribution in [2.45, 2.75) is 70.5 Å². The summed E-state index contributed by atoms with van der Waals surface area (Å²) in [4.78, 5) is 14.9. The highest BCUT2D eigenvalue weighted by molar-refractivity contribution is 5.20. The molecule has 0 N–H and O–H groups in total. The molecule has 0 bridgehead atoms. The third-order valence-electron chi connectivity index (χ3n) is 6.36. The standard InChI is InChI=1S/C20H28N6O/c27-20-11-16-3-1-2-4-18(16)23-26(20)12-15-7-9-24(10-8-15)13-19-22-21-14-25(19)17-5-6-17/h11,14-15,17H,1-10,12-13H2. The van der Waals surface area contributed by atoms with Gasteiger partial charge in [0.25, 0.3) is 5.56 Å². The molecule has 0 radical (unpaired) electrons. The third-order valence-corrected chi connectivity index (χ3v) is 6.36. The minimum absolute atomic E-state index is 0.0793. The van der Waals surface area contributed by atoms with Gasteiger partial charge in [-0.25, -0.2) is 4.68 Å². The van der Waals surface area contributed by atoms with Crippen LogP contribution in [0.1, 0.15) is 61.6 Å². The molecule has 1 aliphatic heterocycles. The average Bonchev–Trinajstić information content (AvgIpc) is 3.43. The fourth-order valence-corrected chi connectivity index (χ4v) is 4.54. The van der Waals surface area contributed by atoms with Crippen LogP contribution in [0.15, 0.2) is 17.2 Å². The van der Waals surface area contributed by atoms with Crippen LogP contribution in [0.25, 0.3) is 0 Å². The maximum Gasteiger partial charge on any atom is 0.267 e. The van der Waals surface area contributed by atoms with E-state index in [9.17, 15) is 4.79 Å². The first-order valence-electron chi connectivity index (χ1n) is 10.5. The first-order valence-corrected chi connectivity index (χ1v) is 10.5. The van der Waals surface area contributed by atoms with Gasteiger partial charge in [0, 0.05) is 18.7 Å². The number of fused-ring (bicyclic) bond motifs is 1. The lowest BCUT2D eigenvalue weighted by Gasteiger charge is -2.31. The van der Waals surface area contributed by atoms with Crippen LogP contribution in [0.3, 0.4) is 0 Å². The number of aromatic nitrogens is 5. The molecule has 144 valence electrons. The highest BCUT2D eigenvalue weighted by Gasteiger charge is 2.28. The highest BCUT2D eigenvalue weighted by Crippen LogP contribution is 2.35. The number of rotatable bonds is 5. The second kappa shape index (κ2) is 7.19. The van der Waals surface area contributed by atoms with Gasteiger partial charge in [0.1, 0.15) is 12.2 Å². The molecule has 7 nitrogen and oxygen atoms in total. The van der Waals surface area contributed by atoms with Gasteiger partial charge in [-0.3, -0.25) is 9.69 Å². The van der Waals surface area contributed by atoms with Gasteiger partial charge in [0.15, 0.2) is 0 Å². The molecule has 0 spiro atoms. The van der Waals surface area contributed by atoms with Crippen molar-refractivity contribution in [3.63, 3.8) is 0 Å². The third kappa shape index (κ3) is 3.70. The van der Waals surface area contributed by atoms with Gasteiger partial charge in [-0.1, -0.05) is 0 Å². The molecule has 2 aliphatic carbocycles. The Kier molecular flexibility index (Phi) is 4.55. The van der Waals surface area contributed by atoms with E-state index in [0.717, 1.165) is 63.4 Å². The van der Waals surface area contributed by atoms with Crippen LogP contribution in [0.2, 0.25) is 0 Å². The Labute approximate surface area is 159 Å². The van der Waals surface area contributed by atoms with Crippen molar-refractivity contribution in [1.29, 1.82) is 0 Å². The molecule has 7 heteroatoms. The van der Waals surface area contributed by atoms with E-state index in [2.05, 4.69) is 19.7 Å². The van der Waals surface area contributed by atoms with Crippen molar-refractivity contribution in [1.82, 2.24) is 29.4 Å². The summed E-state index contributed by atoms with van der Waals surface area (Å²) in [6.07, 6.45) is 11.1. The summed E-state index contributed by atoms with van der Waals surface area (Å²) in [5.74, 6) is 1.64.